The number of rotatable bonds is 6. The number of hydrogen-bond donors (Lipinski definition) is 1. The number of likely N-dealkylation sites (tertiary alicyclic amines) is 1. The van der Waals surface area contributed by atoms with Gasteiger partial charge in [-0.3, -0.25) is 14.5 Å². The van der Waals surface area contributed by atoms with Gasteiger partial charge < -0.3 is 9.84 Å². The van der Waals surface area contributed by atoms with Crippen LogP contribution in [0.4, 0.5) is 0 Å². The lowest BCUT2D eigenvalue weighted by Gasteiger charge is -2.15. The van der Waals surface area contributed by atoms with E-state index in [0.29, 0.717) is 26.2 Å². The number of amides is 2. The van der Waals surface area contributed by atoms with E-state index in [1.165, 1.54) is 4.90 Å². The second-order valence-corrected chi connectivity index (χ2v) is 4.66. The predicted molar refractivity (Wildman–Crippen MR) is 60.1 cm³/mol. The summed E-state index contributed by atoms with van der Waals surface area (Å²) in [5, 5.41) is 8.53. The SMILES string of the molecule is O=C1C2CCCC2C(=O)N1CCCOCCO. The van der Waals surface area contributed by atoms with Crippen LogP contribution in [0.3, 0.4) is 0 Å². The topological polar surface area (TPSA) is 66.8 Å². The van der Waals surface area contributed by atoms with Gasteiger partial charge in [-0.15, -0.1) is 0 Å². The quantitative estimate of drug-likeness (QED) is 0.532. The van der Waals surface area contributed by atoms with Crippen LogP contribution in [-0.2, 0) is 14.3 Å². The number of imide groups is 1. The first-order valence-electron chi connectivity index (χ1n) is 6.29. The molecule has 1 aliphatic carbocycles. The highest BCUT2D eigenvalue weighted by atomic mass is 16.5. The molecule has 2 atom stereocenters. The van der Waals surface area contributed by atoms with Gasteiger partial charge in [0.2, 0.25) is 11.8 Å². The monoisotopic (exact) mass is 241 g/mol. The maximum absolute atomic E-state index is 11.9. The molecule has 0 bridgehead atoms. The lowest BCUT2D eigenvalue weighted by Crippen LogP contribution is -2.33. The van der Waals surface area contributed by atoms with E-state index in [1.54, 1.807) is 0 Å². The predicted octanol–water partition coefficient (Wildman–Crippen LogP) is 0.171. The largest absolute Gasteiger partial charge is 0.394 e. The molecule has 1 saturated heterocycles. The Balaban J connectivity index is 1.77. The first-order chi connectivity index (χ1) is 8.25. The highest BCUT2D eigenvalue weighted by molar-refractivity contribution is 6.05. The molecule has 2 rings (SSSR count). The van der Waals surface area contributed by atoms with Gasteiger partial charge in [-0.25, -0.2) is 0 Å². The molecule has 2 amide bonds. The number of carbonyl (C=O) groups excluding carboxylic acids is 2. The van der Waals surface area contributed by atoms with Crippen molar-refractivity contribution in [2.75, 3.05) is 26.4 Å². The van der Waals surface area contributed by atoms with Crippen molar-refractivity contribution in [2.24, 2.45) is 11.8 Å². The summed E-state index contributed by atoms with van der Waals surface area (Å²) in [6.45, 7) is 1.25. The zero-order valence-corrected chi connectivity index (χ0v) is 9.93. The van der Waals surface area contributed by atoms with E-state index in [4.69, 9.17) is 9.84 Å². The summed E-state index contributed by atoms with van der Waals surface area (Å²) in [5.41, 5.74) is 0. The molecule has 1 heterocycles. The fraction of sp³-hybridized carbons (Fsp3) is 0.833. The summed E-state index contributed by atoms with van der Waals surface area (Å²) in [6.07, 6.45) is 3.39. The van der Waals surface area contributed by atoms with Crippen molar-refractivity contribution < 1.29 is 19.4 Å². The van der Waals surface area contributed by atoms with Crippen molar-refractivity contribution in [3.05, 3.63) is 0 Å². The lowest BCUT2D eigenvalue weighted by molar-refractivity contribution is -0.140. The Labute approximate surface area is 101 Å². The number of fused-ring (bicyclic) bond motifs is 1. The van der Waals surface area contributed by atoms with Crippen LogP contribution in [0.1, 0.15) is 25.7 Å². The molecule has 0 aromatic carbocycles. The van der Waals surface area contributed by atoms with Gasteiger partial charge in [0.15, 0.2) is 0 Å². The third kappa shape index (κ3) is 2.50. The molecule has 5 nitrogen and oxygen atoms in total. The number of aliphatic hydroxyl groups excluding tert-OH is 1. The molecule has 0 radical (unpaired) electrons. The molecule has 96 valence electrons. The van der Waals surface area contributed by atoms with Crippen molar-refractivity contribution in [3.8, 4) is 0 Å². The highest BCUT2D eigenvalue weighted by Gasteiger charge is 2.49. The molecule has 5 heteroatoms. The molecule has 1 aliphatic heterocycles. The van der Waals surface area contributed by atoms with Crippen LogP contribution in [0.5, 0.6) is 0 Å². The average molecular weight is 241 g/mol. The summed E-state index contributed by atoms with van der Waals surface area (Å²) in [6, 6.07) is 0. The first kappa shape index (κ1) is 12.5. The summed E-state index contributed by atoms with van der Waals surface area (Å²) in [4.78, 5) is 25.3. The summed E-state index contributed by atoms with van der Waals surface area (Å²) in [5.74, 6) is -0.0546. The fourth-order valence-corrected chi connectivity index (χ4v) is 2.77. The van der Waals surface area contributed by atoms with Crippen LogP contribution in [-0.4, -0.2) is 48.2 Å². The number of hydrogen-bond acceptors (Lipinski definition) is 4. The molecule has 1 saturated carbocycles. The Kier molecular flexibility index (Phi) is 4.12. The molecular formula is C12H19NO4. The molecule has 2 unspecified atom stereocenters. The normalized spacial score (nSPS) is 27.9. The third-order valence-electron chi connectivity index (χ3n) is 3.59. The van der Waals surface area contributed by atoms with Crippen LogP contribution in [0.15, 0.2) is 0 Å². The molecule has 0 aromatic heterocycles. The van der Waals surface area contributed by atoms with Crippen molar-refractivity contribution in [3.63, 3.8) is 0 Å². The van der Waals surface area contributed by atoms with Gasteiger partial charge >= 0.3 is 0 Å². The molecule has 0 spiro atoms. The van der Waals surface area contributed by atoms with Crippen LogP contribution >= 0.6 is 0 Å². The maximum Gasteiger partial charge on any atom is 0.233 e. The number of nitrogens with zero attached hydrogens (tertiary/aromatic N) is 1. The third-order valence-corrected chi connectivity index (χ3v) is 3.59. The second-order valence-electron chi connectivity index (χ2n) is 4.66. The minimum atomic E-state index is -0.0409. The van der Waals surface area contributed by atoms with Gasteiger partial charge in [0.25, 0.3) is 0 Å². The van der Waals surface area contributed by atoms with Gasteiger partial charge in [0.05, 0.1) is 25.0 Å². The van der Waals surface area contributed by atoms with Gasteiger partial charge in [-0.05, 0) is 19.3 Å². The zero-order valence-electron chi connectivity index (χ0n) is 9.93. The van der Waals surface area contributed by atoms with E-state index >= 15 is 0 Å². The Morgan fingerprint density at radius 1 is 1.18 bits per heavy atom. The Hall–Kier alpha value is -0.940. The summed E-state index contributed by atoms with van der Waals surface area (Å²) in [7, 11) is 0. The van der Waals surface area contributed by atoms with Gasteiger partial charge in [0, 0.05) is 13.2 Å². The van der Waals surface area contributed by atoms with Gasteiger partial charge in [-0.1, -0.05) is 6.42 Å². The molecule has 2 aliphatic rings. The van der Waals surface area contributed by atoms with Crippen molar-refractivity contribution >= 4 is 11.8 Å². The van der Waals surface area contributed by atoms with E-state index < -0.39 is 0 Å². The second kappa shape index (κ2) is 5.60. The first-order valence-corrected chi connectivity index (χ1v) is 6.29. The van der Waals surface area contributed by atoms with E-state index in [1.807, 2.05) is 0 Å². The van der Waals surface area contributed by atoms with Crippen molar-refractivity contribution in [1.29, 1.82) is 0 Å². The standard InChI is InChI=1S/C12H19NO4/c14-6-8-17-7-2-5-13-11(15)9-3-1-4-10(9)12(13)16/h9-10,14H,1-8H2. The van der Waals surface area contributed by atoms with Crippen molar-refractivity contribution in [2.45, 2.75) is 25.7 Å². The molecular weight excluding hydrogens is 222 g/mol. The van der Waals surface area contributed by atoms with E-state index in [-0.39, 0.29) is 30.3 Å². The number of ether oxygens (including phenoxy) is 1. The minimum absolute atomic E-state index is 0.00568. The van der Waals surface area contributed by atoms with Crippen LogP contribution in [0.2, 0.25) is 0 Å². The lowest BCUT2D eigenvalue weighted by atomic mass is 10.00. The number of carbonyl (C=O) groups is 2. The average Bonchev–Trinajstić information content (AvgIpc) is 2.88. The minimum Gasteiger partial charge on any atom is -0.394 e. The summed E-state index contributed by atoms with van der Waals surface area (Å²) < 4.78 is 5.11. The van der Waals surface area contributed by atoms with Gasteiger partial charge in [0.1, 0.15) is 0 Å². The molecule has 1 N–H and O–H groups in total. The van der Waals surface area contributed by atoms with Crippen LogP contribution < -0.4 is 0 Å². The zero-order chi connectivity index (χ0) is 12.3. The Morgan fingerprint density at radius 2 is 1.82 bits per heavy atom. The summed E-state index contributed by atoms with van der Waals surface area (Å²) >= 11 is 0. The van der Waals surface area contributed by atoms with E-state index in [0.717, 1.165) is 19.3 Å². The van der Waals surface area contributed by atoms with E-state index in [9.17, 15) is 9.59 Å². The maximum atomic E-state index is 11.9. The Bertz CT molecular complexity index is 283. The fourth-order valence-electron chi connectivity index (χ4n) is 2.77. The molecule has 2 fully saturated rings. The highest BCUT2D eigenvalue weighted by Crippen LogP contribution is 2.39. The number of aliphatic hydroxyl groups is 1. The molecule has 0 aromatic rings. The van der Waals surface area contributed by atoms with Crippen LogP contribution in [0, 0.1) is 11.8 Å². The van der Waals surface area contributed by atoms with Crippen LogP contribution in [0.25, 0.3) is 0 Å². The van der Waals surface area contributed by atoms with Gasteiger partial charge in [-0.2, -0.15) is 0 Å². The molecule has 17 heavy (non-hydrogen) atoms. The Morgan fingerprint density at radius 3 is 2.41 bits per heavy atom. The smallest absolute Gasteiger partial charge is 0.233 e. The van der Waals surface area contributed by atoms with E-state index in [2.05, 4.69) is 0 Å². The van der Waals surface area contributed by atoms with Crippen molar-refractivity contribution in [1.82, 2.24) is 4.90 Å².